The summed E-state index contributed by atoms with van der Waals surface area (Å²) in [4.78, 5) is 0. The summed E-state index contributed by atoms with van der Waals surface area (Å²) in [6.45, 7) is 13.0. The summed E-state index contributed by atoms with van der Waals surface area (Å²) in [5.74, 6) is 0.587. The van der Waals surface area contributed by atoms with E-state index in [4.69, 9.17) is 4.74 Å². The fourth-order valence-corrected chi connectivity index (χ4v) is 2.75. The number of rotatable bonds is 13. The molecule has 0 rings (SSSR count). The van der Waals surface area contributed by atoms with Crippen LogP contribution in [0.2, 0.25) is 0 Å². The van der Waals surface area contributed by atoms with Gasteiger partial charge in [0.2, 0.25) is 0 Å². The lowest BCUT2D eigenvalue weighted by molar-refractivity contribution is 0.00128. The Balaban J connectivity index is 4.00. The van der Waals surface area contributed by atoms with Crippen molar-refractivity contribution in [1.82, 2.24) is 5.32 Å². The van der Waals surface area contributed by atoms with Gasteiger partial charge >= 0.3 is 0 Å². The van der Waals surface area contributed by atoms with Crippen molar-refractivity contribution in [2.75, 3.05) is 13.2 Å². The van der Waals surface area contributed by atoms with E-state index in [0.29, 0.717) is 18.1 Å². The van der Waals surface area contributed by atoms with Crippen LogP contribution >= 0.6 is 0 Å². The first-order chi connectivity index (χ1) is 9.17. The van der Waals surface area contributed by atoms with Crippen LogP contribution in [0.4, 0.5) is 0 Å². The minimum Gasteiger partial charge on any atom is -0.377 e. The van der Waals surface area contributed by atoms with Crippen molar-refractivity contribution in [3.63, 3.8) is 0 Å². The molecule has 0 amide bonds. The lowest BCUT2D eigenvalue weighted by atomic mass is 9.94. The Labute approximate surface area is 121 Å². The molecule has 116 valence electrons. The maximum Gasteiger partial charge on any atom is 0.0750 e. The smallest absolute Gasteiger partial charge is 0.0750 e. The second-order valence-corrected chi connectivity index (χ2v) is 5.88. The second-order valence-electron chi connectivity index (χ2n) is 5.88. The van der Waals surface area contributed by atoms with Crippen LogP contribution in [0.25, 0.3) is 0 Å². The molecule has 2 heteroatoms. The van der Waals surface area contributed by atoms with Crippen molar-refractivity contribution in [2.45, 2.75) is 91.7 Å². The third-order valence-electron chi connectivity index (χ3n) is 3.75. The standard InChI is InChI=1S/C17H37NO/c1-6-9-10-11-12-13-14-16(18-7-2)17(15(4)5)19-8-3/h15-18H,6-14H2,1-5H3. The fraction of sp³-hybridized carbons (Fsp3) is 1.00. The van der Waals surface area contributed by atoms with Crippen molar-refractivity contribution in [3.8, 4) is 0 Å². The number of likely N-dealkylation sites (N-methyl/N-ethyl adjacent to an activating group) is 1. The first-order valence-corrected chi connectivity index (χ1v) is 8.52. The Morgan fingerprint density at radius 1 is 0.895 bits per heavy atom. The largest absolute Gasteiger partial charge is 0.377 e. The lowest BCUT2D eigenvalue weighted by Gasteiger charge is -2.30. The molecular weight excluding hydrogens is 234 g/mol. The summed E-state index contributed by atoms with van der Waals surface area (Å²) >= 11 is 0. The van der Waals surface area contributed by atoms with Crippen LogP contribution in [0.1, 0.15) is 79.6 Å². The molecule has 0 bridgehead atoms. The van der Waals surface area contributed by atoms with Gasteiger partial charge in [-0.25, -0.2) is 0 Å². The lowest BCUT2D eigenvalue weighted by Crippen LogP contribution is -2.44. The van der Waals surface area contributed by atoms with Crippen molar-refractivity contribution in [1.29, 1.82) is 0 Å². The third kappa shape index (κ3) is 9.45. The van der Waals surface area contributed by atoms with E-state index < -0.39 is 0 Å². The minimum absolute atomic E-state index is 0.362. The van der Waals surface area contributed by atoms with Gasteiger partial charge in [-0.05, 0) is 25.8 Å². The number of nitrogens with one attached hydrogen (secondary N) is 1. The SMILES string of the molecule is CCCCCCCCC(NCC)C(OCC)C(C)C. The topological polar surface area (TPSA) is 21.3 Å². The average Bonchev–Trinajstić information content (AvgIpc) is 2.38. The summed E-state index contributed by atoms with van der Waals surface area (Å²) in [5.41, 5.74) is 0. The Morgan fingerprint density at radius 2 is 1.53 bits per heavy atom. The summed E-state index contributed by atoms with van der Waals surface area (Å²) in [5, 5.41) is 3.63. The first kappa shape index (κ1) is 18.9. The molecule has 0 aliphatic rings. The molecule has 0 aromatic heterocycles. The quantitative estimate of drug-likeness (QED) is 0.487. The van der Waals surface area contributed by atoms with E-state index in [1.807, 2.05) is 0 Å². The fourth-order valence-electron chi connectivity index (χ4n) is 2.75. The number of ether oxygens (including phenoxy) is 1. The van der Waals surface area contributed by atoms with Crippen LogP contribution in [0.15, 0.2) is 0 Å². The van der Waals surface area contributed by atoms with E-state index in [1.165, 1.54) is 44.9 Å². The van der Waals surface area contributed by atoms with Crippen LogP contribution in [0, 0.1) is 5.92 Å². The van der Waals surface area contributed by atoms with E-state index in [1.54, 1.807) is 0 Å². The van der Waals surface area contributed by atoms with Gasteiger partial charge in [0.15, 0.2) is 0 Å². The molecule has 1 N–H and O–H groups in total. The summed E-state index contributed by atoms with van der Waals surface area (Å²) in [6, 6.07) is 0.524. The zero-order valence-electron chi connectivity index (χ0n) is 14.0. The van der Waals surface area contributed by atoms with Crippen LogP contribution in [-0.4, -0.2) is 25.3 Å². The molecule has 0 aromatic rings. The Hall–Kier alpha value is -0.0800. The maximum atomic E-state index is 5.95. The first-order valence-electron chi connectivity index (χ1n) is 8.52. The minimum atomic E-state index is 0.362. The monoisotopic (exact) mass is 271 g/mol. The highest BCUT2D eigenvalue weighted by molar-refractivity contribution is 4.79. The van der Waals surface area contributed by atoms with Crippen molar-refractivity contribution in [2.24, 2.45) is 5.92 Å². The molecule has 2 nitrogen and oxygen atoms in total. The van der Waals surface area contributed by atoms with Crippen LogP contribution < -0.4 is 5.32 Å². The zero-order valence-corrected chi connectivity index (χ0v) is 14.0. The Morgan fingerprint density at radius 3 is 2.05 bits per heavy atom. The molecule has 0 aliphatic heterocycles. The number of unbranched alkanes of at least 4 members (excludes halogenated alkanes) is 5. The highest BCUT2D eigenvalue weighted by Gasteiger charge is 2.23. The van der Waals surface area contributed by atoms with Gasteiger partial charge in [0.25, 0.3) is 0 Å². The molecule has 0 saturated carbocycles. The molecule has 0 radical (unpaired) electrons. The predicted octanol–water partition coefficient (Wildman–Crippen LogP) is 4.78. The molecule has 0 fully saturated rings. The van der Waals surface area contributed by atoms with Gasteiger partial charge in [0.05, 0.1) is 6.10 Å². The van der Waals surface area contributed by atoms with Crippen molar-refractivity contribution >= 4 is 0 Å². The number of hydrogen-bond acceptors (Lipinski definition) is 2. The molecule has 0 saturated heterocycles. The van der Waals surface area contributed by atoms with Gasteiger partial charge in [-0.15, -0.1) is 0 Å². The average molecular weight is 271 g/mol. The van der Waals surface area contributed by atoms with Crippen LogP contribution in [0.3, 0.4) is 0 Å². The number of hydrogen-bond donors (Lipinski definition) is 1. The second kappa shape index (κ2) is 12.9. The van der Waals surface area contributed by atoms with Crippen molar-refractivity contribution in [3.05, 3.63) is 0 Å². The predicted molar refractivity (Wildman–Crippen MR) is 85.7 cm³/mol. The summed E-state index contributed by atoms with van der Waals surface area (Å²) in [6.07, 6.45) is 9.85. The molecule has 19 heavy (non-hydrogen) atoms. The molecular formula is C17H37NO. The van der Waals surface area contributed by atoms with E-state index in [-0.39, 0.29) is 0 Å². The molecule has 0 aliphatic carbocycles. The van der Waals surface area contributed by atoms with Gasteiger partial charge in [0, 0.05) is 12.6 Å². The highest BCUT2D eigenvalue weighted by Crippen LogP contribution is 2.17. The van der Waals surface area contributed by atoms with Gasteiger partial charge in [-0.3, -0.25) is 0 Å². The highest BCUT2D eigenvalue weighted by atomic mass is 16.5. The maximum absolute atomic E-state index is 5.95. The van der Waals surface area contributed by atoms with Crippen LogP contribution in [0.5, 0.6) is 0 Å². The Kier molecular flexibility index (Phi) is 12.9. The van der Waals surface area contributed by atoms with Gasteiger partial charge < -0.3 is 10.1 Å². The van der Waals surface area contributed by atoms with Gasteiger partial charge in [0.1, 0.15) is 0 Å². The van der Waals surface area contributed by atoms with Crippen molar-refractivity contribution < 1.29 is 4.74 Å². The van der Waals surface area contributed by atoms with E-state index >= 15 is 0 Å². The van der Waals surface area contributed by atoms with E-state index in [0.717, 1.165) is 13.2 Å². The van der Waals surface area contributed by atoms with Crippen LogP contribution in [-0.2, 0) is 4.74 Å². The normalized spacial score (nSPS) is 14.8. The molecule has 2 atom stereocenters. The third-order valence-corrected chi connectivity index (χ3v) is 3.75. The Bertz CT molecular complexity index is 182. The molecule has 0 spiro atoms. The van der Waals surface area contributed by atoms with E-state index in [2.05, 4.69) is 39.9 Å². The zero-order chi connectivity index (χ0) is 14.5. The van der Waals surface area contributed by atoms with Gasteiger partial charge in [-0.1, -0.05) is 66.2 Å². The summed E-state index contributed by atoms with van der Waals surface area (Å²) < 4.78 is 5.95. The molecule has 0 aromatic carbocycles. The summed E-state index contributed by atoms with van der Waals surface area (Å²) in [7, 11) is 0. The van der Waals surface area contributed by atoms with E-state index in [9.17, 15) is 0 Å². The van der Waals surface area contributed by atoms with Gasteiger partial charge in [-0.2, -0.15) is 0 Å². The molecule has 0 heterocycles. The molecule has 2 unspecified atom stereocenters.